The minimum atomic E-state index is -0.889. The van der Waals surface area contributed by atoms with Crippen molar-refractivity contribution in [2.75, 3.05) is 12.0 Å². The fourth-order valence-electron chi connectivity index (χ4n) is 2.77. The molecule has 0 aromatic heterocycles. The summed E-state index contributed by atoms with van der Waals surface area (Å²) in [5.74, 6) is 0.565. The van der Waals surface area contributed by atoms with Gasteiger partial charge in [0.2, 0.25) is 11.8 Å². The van der Waals surface area contributed by atoms with Crippen LogP contribution in [0.3, 0.4) is 0 Å². The molecule has 6 heteroatoms. The summed E-state index contributed by atoms with van der Waals surface area (Å²) < 4.78 is 11.3. The molecular weight excluding hydrogens is 288 g/mol. The maximum atomic E-state index is 12.7. The molecule has 1 N–H and O–H groups in total. The van der Waals surface area contributed by atoms with E-state index in [-0.39, 0.29) is 29.7 Å². The molecule has 4 atom stereocenters. The molecule has 21 heavy (non-hydrogen) atoms. The molecule has 4 unspecified atom stereocenters. The van der Waals surface area contributed by atoms with Crippen LogP contribution in [0.2, 0.25) is 0 Å². The Morgan fingerprint density at radius 3 is 2.14 bits per heavy atom. The molecule has 1 aliphatic heterocycles. The van der Waals surface area contributed by atoms with Gasteiger partial charge >= 0.3 is 0 Å². The molecule has 0 saturated carbocycles. The Bertz CT molecular complexity index is 423. The summed E-state index contributed by atoms with van der Waals surface area (Å²) in [4.78, 5) is 26.9. The lowest BCUT2D eigenvalue weighted by atomic mass is 9.91. The molecule has 2 amide bonds. The van der Waals surface area contributed by atoms with E-state index in [2.05, 4.69) is 5.32 Å². The van der Waals surface area contributed by atoms with Gasteiger partial charge in [0, 0.05) is 28.9 Å². The van der Waals surface area contributed by atoms with E-state index in [0.717, 1.165) is 0 Å². The minimum absolute atomic E-state index is 0.0160. The van der Waals surface area contributed by atoms with E-state index in [4.69, 9.17) is 0 Å². The summed E-state index contributed by atoms with van der Waals surface area (Å²) in [5.41, 5.74) is 0. The first kappa shape index (κ1) is 18.1. The van der Waals surface area contributed by atoms with Crippen LogP contribution in [0.25, 0.3) is 0 Å². The number of carbonyl (C=O) groups is 2. The smallest absolute Gasteiger partial charge is 0.246 e. The molecule has 0 aromatic rings. The number of hydrogen-bond donors (Lipinski definition) is 1. The average Bonchev–Trinajstić information content (AvgIpc) is 2.36. The number of amides is 2. The van der Waals surface area contributed by atoms with Crippen LogP contribution < -0.4 is 5.32 Å². The average molecular weight is 316 g/mol. The summed E-state index contributed by atoms with van der Waals surface area (Å²) in [5, 5.41) is 2.86. The van der Waals surface area contributed by atoms with Crippen molar-refractivity contribution in [3.8, 4) is 0 Å². The molecule has 5 nitrogen and oxygen atoms in total. The Kier molecular flexibility index (Phi) is 6.38. The number of nitrogens with zero attached hydrogens (tertiary/aromatic N) is 1. The first-order valence-electron chi connectivity index (χ1n) is 7.59. The molecule has 0 radical (unpaired) electrons. The Hall–Kier alpha value is -0.910. The second kappa shape index (κ2) is 7.38. The Balaban J connectivity index is 3.02. The highest BCUT2D eigenvalue weighted by Gasteiger charge is 2.44. The third-order valence-electron chi connectivity index (χ3n) is 3.98. The summed E-state index contributed by atoms with van der Waals surface area (Å²) in [6.07, 6.45) is 2.31. The maximum Gasteiger partial charge on any atom is 0.246 e. The van der Waals surface area contributed by atoms with Gasteiger partial charge in [0.1, 0.15) is 12.1 Å². The van der Waals surface area contributed by atoms with Crippen LogP contribution in [0.4, 0.5) is 0 Å². The largest absolute Gasteiger partial charge is 0.342 e. The van der Waals surface area contributed by atoms with Crippen molar-refractivity contribution in [1.82, 2.24) is 10.2 Å². The lowest BCUT2D eigenvalue weighted by Gasteiger charge is -2.45. The number of nitrogens with one attached hydrogen (secondary N) is 1. The van der Waals surface area contributed by atoms with Gasteiger partial charge in [-0.1, -0.05) is 27.7 Å². The van der Waals surface area contributed by atoms with Crippen LogP contribution in [0.5, 0.6) is 0 Å². The van der Waals surface area contributed by atoms with Crippen LogP contribution in [-0.4, -0.2) is 51.1 Å². The third-order valence-corrected chi connectivity index (χ3v) is 4.79. The van der Waals surface area contributed by atoms with Crippen molar-refractivity contribution >= 4 is 22.6 Å². The van der Waals surface area contributed by atoms with Crippen LogP contribution >= 0.6 is 0 Å². The van der Waals surface area contributed by atoms with Crippen molar-refractivity contribution in [3.05, 3.63) is 0 Å². The van der Waals surface area contributed by atoms with Gasteiger partial charge in [0.15, 0.2) is 0 Å². The monoisotopic (exact) mass is 316 g/mol. The molecule has 1 fully saturated rings. The summed E-state index contributed by atoms with van der Waals surface area (Å²) in [6.45, 7) is 9.71. The number of rotatable bonds is 6. The van der Waals surface area contributed by atoms with E-state index in [1.807, 2.05) is 34.6 Å². The van der Waals surface area contributed by atoms with E-state index < -0.39 is 22.9 Å². The van der Waals surface area contributed by atoms with Crippen LogP contribution in [0.1, 0.15) is 41.0 Å². The van der Waals surface area contributed by atoms with Crippen molar-refractivity contribution in [2.45, 2.75) is 59.2 Å². The van der Waals surface area contributed by atoms with Crippen molar-refractivity contribution < 1.29 is 13.8 Å². The highest BCUT2D eigenvalue weighted by molar-refractivity contribution is 7.84. The Morgan fingerprint density at radius 2 is 1.71 bits per heavy atom. The Labute approximate surface area is 130 Å². The first-order valence-corrected chi connectivity index (χ1v) is 9.32. The van der Waals surface area contributed by atoms with Gasteiger partial charge in [-0.05, 0) is 25.2 Å². The highest BCUT2D eigenvalue weighted by atomic mass is 32.2. The summed E-state index contributed by atoms with van der Waals surface area (Å²) in [7, 11) is -0.889. The second-order valence-electron chi connectivity index (χ2n) is 6.58. The topological polar surface area (TPSA) is 66.5 Å². The lowest BCUT2D eigenvalue weighted by molar-refractivity contribution is -0.155. The SMILES string of the molecule is CC(C)C1NC(=O)C(C(C)C)N(C(C)CCS(C)=O)C1=O. The van der Waals surface area contributed by atoms with Crippen molar-refractivity contribution in [3.63, 3.8) is 0 Å². The first-order chi connectivity index (χ1) is 9.66. The predicted octanol–water partition coefficient (Wildman–Crippen LogP) is 1.15. The normalized spacial score (nSPS) is 26.2. The number of hydrogen-bond acceptors (Lipinski definition) is 3. The van der Waals surface area contributed by atoms with Crippen molar-refractivity contribution in [1.29, 1.82) is 0 Å². The zero-order chi connectivity index (χ0) is 16.3. The molecular formula is C15H28N2O3S. The van der Waals surface area contributed by atoms with Gasteiger partial charge in [0.25, 0.3) is 0 Å². The van der Waals surface area contributed by atoms with Gasteiger partial charge in [-0.15, -0.1) is 0 Å². The fraction of sp³-hybridized carbons (Fsp3) is 0.867. The van der Waals surface area contributed by atoms with Crippen molar-refractivity contribution in [2.24, 2.45) is 11.8 Å². The van der Waals surface area contributed by atoms with E-state index in [1.54, 1.807) is 11.2 Å². The van der Waals surface area contributed by atoms with Gasteiger partial charge in [-0.2, -0.15) is 0 Å². The molecule has 0 aromatic carbocycles. The van der Waals surface area contributed by atoms with Crippen LogP contribution in [0.15, 0.2) is 0 Å². The molecule has 1 aliphatic rings. The minimum Gasteiger partial charge on any atom is -0.342 e. The molecule has 1 saturated heterocycles. The molecule has 1 rings (SSSR count). The molecule has 0 spiro atoms. The van der Waals surface area contributed by atoms with Crippen LogP contribution in [-0.2, 0) is 20.4 Å². The lowest BCUT2D eigenvalue weighted by Crippen LogP contribution is -2.67. The maximum absolute atomic E-state index is 12.7. The number of piperazine rings is 1. The van der Waals surface area contributed by atoms with Crippen LogP contribution in [0, 0.1) is 11.8 Å². The quantitative estimate of drug-likeness (QED) is 0.799. The fourth-order valence-corrected chi connectivity index (χ4v) is 3.44. The summed E-state index contributed by atoms with van der Waals surface area (Å²) in [6, 6.07) is -0.976. The van der Waals surface area contributed by atoms with E-state index in [1.165, 1.54) is 0 Å². The van der Waals surface area contributed by atoms with E-state index in [9.17, 15) is 13.8 Å². The van der Waals surface area contributed by atoms with Gasteiger partial charge in [-0.3, -0.25) is 13.8 Å². The zero-order valence-electron chi connectivity index (χ0n) is 13.9. The van der Waals surface area contributed by atoms with E-state index in [0.29, 0.717) is 12.2 Å². The molecule has 0 bridgehead atoms. The molecule has 0 aliphatic carbocycles. The van der Waals surface area contributed by atoms with Gasteiger partial charge < -0.3 is 10.2 Å². The zero-order valence-corrected chi connectivity index (χ0v) is 14.7. The highest BCUT2D eigenvalue weighted by Crippen LogP contribution is 2.24. The Morgan fingerprint density at radius 1 is 1.14 bits per heavy atom. The third kappa shape index (κ3) is 4.28. The predicted molar refractivity (Wildman–Crippen MR) is 85.3 cm³/mol. The van der Waals surface area contributed by atoms with Gasteiger partial charge in [0.05, 0.1) is 0 Å². The van der Waals surface area contributed by atoms with Gasteiger partial charge in [-0.25, -0.2) is 0 Å². The van der Waals surface area contributed by atoms with E-state index >= 15 is 0 Å². The molecule has 122 valence electrons. The standard InChI is InChI=1S/C15H28N2O3S/c1-9(2)12-15(19)17(11(5)7-8-21(6)20)13(10(3)4)14(18)16-12/h9-13H,7-8H2,1-6H3,(H,16,18). The second-order valence-corrected chi connectivity index (χ2v) is 8.13. The molecule has 1 heterocycles. The number of carbonyl (C=O) groups excluding carboxylic acids is 2. The summed E-state index contributed by atoms with van der Waals surface area (Å²) >= 11 is 0.